The minimum absolute atomic E-state index is 0.0970. The molecule has 0 unspecified atom stereocenters. The highest BCUT2D eigenvalue weighted by molar-refractivity contribution is 7.98. The van der Waals surface area contributed by atoms with Crippen LogP contribution in [0.25, 0.3) is 0 Å². The number of aryl methyl sites for hydroxylation is 1. The topological polar surface area (TPSA) is 81.0 Å². The average molecular weight is 304 g/mol. The summed E-state index contributed by atoms with van der Waals surface area (Å²) in [6.07, 6.45) is 3.51. The highest BCUT2D eigenvalue weighted by Crippen LogP contribution is 2.28. The fourth-order valence-corrected chi connectivity index (χ4v) is 2.49. The van der Waals surface area contributed by atoms with E-state index < -0.39 is 0 Å². The lowest BCUT2D eigenvalue weighted by molar-refractivity contribution is -0.384. The monoisotopic (exact) mass is 304 g/mol. The number of benzene rings is 1. The van der Waals surface area contributed by atoms with Gasteiger partial charge >= 0.3 is 0 Å². The lowest BCUT2D eigenvalue weighted by Gasteiger charge is -2.06. The predicted molar refractivity (Wildman–Crippen MR) is 83.6 cm³/mol. The number of nitro benzene ring substituents is 1. The zero-order valence-electron chi connectivity index (χ0n) is 11.9. The molecule has 0 spiro atoms. The Bertz CT molecular complexity index is 631. The van der Waals surface area contributed by atoms with Crippen molar-refractivity contribution in [1.29, 1.82) is 0 Å². The van der Waals surface area contributed by atoms with Crippen LogP contribution in [0.15, 0.2) is 35.7 Å². The van der Waals surface area contributed by atoms with Crippen LogP contribution in [-0.4, -0.2) is 21.4 Å². The first-order chi connectivity index (χ1) is 10.1. The van der Waals surface area contributed by atoms with Crippen molar-refractivity contribution in [3.8, 4) is 0 Å². The molecule has 0 atom stereocenters. The molecule has 1 heterocycles. The number of rotatable bonds is 6. The number of hydrogen-bond acceptors (Lipinski definition) is 6. The minimum Gasteiger partial charge on any atom is -0.380 e. The molecule has 0 radical (unpaired) electrons. The molecule has 1 N–H and O–H groups in total. The molecule has 110 valence electrons. The molecule has 21 heavy (non-hydrogen) atoms. The van der Waals surface area contributed by atoms with E-state index in [-0.39, 0.29) is 10.6 Å². The summed E-state index contributed by atoms with van der Waals surface area (Å²) in [6, 6.07) is 5.22. The zero-order chi connectivity index (χ0) is 15.2. The quantitative estimate of drug-likeness (QED) is 0.381. The van der Waals surface area contributed by atoms with Crippen molar-refractivity contribution in [1.82, 2.24) is 9.97 Å². The highest BCUT2D eigenvalue weighted by Gasteiger charge is 2.14. The van der Waals surface area contributed by atoms with Crippen LogP contribution < -0.4 is 5.32 Å². The van der Waals surface area contributed by atoms with Crippen LogP contribution in [0, 0.1) is 17.0 Å². The van der Waals surface area contributed by atoms with Crippen LogP contribution in [0.5, 0.6) is 0 Å². The first-order valence-electron chi connectivity index (χ1n) is 6.52. The maximum absolute atomic E-state index is 11.1. The summed E-state index contributed by atoms with van der Waals surface area (Å²) in [4.78, 5) is 19.1. The second kappa shape index (κ2) is 7.03. The Morgan fingerprint density at radius 2 is 2.05 bits per heavy atom. The van der Waals surface area contributed by atoms with E-state index in [1.165, 1.54) is 11.8 Å². The van der Waals surface area contributed by atoms with Gasteiger partial charge in [0.15, 0.2) is 5.16 Å². The number of thioether (sulfide) groups is 1. The van der Waals surface area contributed by atoms with E-state index in [9.17, 15) is 10.1 Å². The van der Waals surface area contributed by atoms with Gasteiger partial charge in [0.2, 0.25) is 0 Å². The Hall–Kier alpha value is -2.15. The fraction of sp³-hybridized carbons (Fsp3) is 0.286. The average Bonchev–Trinajstić information content (AvgIpc) is 2.48. The van der Waals surface area contributed by atoms with Crippen LogP contribution in [-0.2, 0) is 5.75 Å². The van der Waals surface area contributed by atoms with Crippen molar-refractivity contribution in [3.63, 3.8) is 0 Å². The van der Waals surface area contributed by atoms with Gasteiger partial charge in [0.1, 0.15) is 5.69 Å². The fourth-order valence-electron chi connectivity index (χ4n) is 1.76. The molecule has 0 saturated carbocycles. The van der Waals surface area contributed by atoms with Gasteiger partial charge in [-0.25, -0.2) is 9.97 Å². The van der Waals surface area contributed by atoms with Crippen molar-refractivity contribution in [2.75, 3.05) is 11.9 Å². The summed E-state index contributed by atoms with van der Waals surface area (Å²) in [5.74, 6) is 0.594. The Labute approximate surface area is 127 Å². The molecule has 0 aliphatic carbocycles. The third-order valence-corrected chi connectivity index (χ3v) is 3.70. The van der Waals surface area contributed by atoms with Gasteiger partial charge in [0, 0.05) is 30.8 Å². The molecule has 0 aliphatic rings. The van der Waals surface area contributed by atoms with Crippen molar-refractivity contribution in [2.45, 2.75) is 24.8 Å². The molecule has 0 aliphatic heterocycles. The van der Waals surface area contributed by atoms with Crippen LogP contribution in [0.4, 0.5) is 11.4 Å². The number of nitrogens with zero attached hydrogens (tertiary/aromatic N) is 3. The molecular formula is C14H16N4O2S. The standard InChI is InChI=1S/C14H16N4O2S/c1-3-15-12-5-4-11(6-13(12)18(19)20)9-21-14-16-7-10(2)8-17-14/h4-8,15H,3,9H2,1-2H3. The number of hydrogen-bond donors (Lipinski definition) is 1. The lowest BCUT2D eigenvalue weighted by atomic mass is 10.2. The van der Waals surface area contributed by atoms with E-state index >= 15 is 0 Å². The summed E-state index contributed by atoms with van der Waals surface area (Å²) in [5, 5.41) is 14.8. The summed E-state index contributed by atoms with van der Waals surface area (Å²) < 4.78 is 0. The Balaban J connectivity index is 2.11. The molecule has 0 saturated heterocycles. The summed E-state index contributed by atoms with van der Waals surface area (Å²) in [6.45, 7) is 4.48. The summed E-state index contributed by atoms with van der Waals surface area (Å²) in [5.41, 5.74) is 2.52. The van der Waals surface area contributed by atoms with Gasteiger partial charge in [0.05, 0.1) is 4.92 Å². The molecular weight excluding hydrogens is 288 g/mol. The smallest absolute Gasteiger partial charge is 0.292 e. The van der Waals surface area contributed by atoms with Gasteiger partial charge in [-0.2, -0.15) is 0 Å². The van der Waals surface area contributed by atoms with Gasteiger partial charge in [-0.05, 0) is 31.0 Å². The molecule has 1 aromatic carbocycles. The van der Waals surface area contributed by atoms with Crippen molar-refractivity contribution >= 4 is 23.1 Å². The van der Waals surface area contributed by atoms with Crippen molar-refractivity contribution < 1.29 is 4.92 Å². The SMILES string of the molecule is CCNc1ccc(CSc2ncc(C)cn2)cc1[N+](=O)[O-]. The van der Waals surface area contributed by atoms with Crippen LogP contribution in [0.1, 0.15) is 18.1 Å². The molecule has 6 nitrogen and oxygen atoms in total. The number of aromatic nitrogens is 2. The lowest BCUT2D eigenvalue weighted by Crippen LogP contribution is -2.01. The molecule has 0 bridgehead atoms. The van der Waals surface area contributed by atoms with Gasteiger partial charge in [-0.15, -0.1) is 0 Å². The molecule has 7 heteroatoms. The molecule has 0 fully saturated rings. The van der Waals surface area contributed by atoms with Crippen molar-refractivity contribution in [2.24, 2.45) is 0 Å². The summed E-state index contributed by atoms with van der Waals surface area (Å²) in [7, 11) is 0. The van der Waals surface area contributed by atoms with Crippen LogP contribution in [0.2, 0.25) is 0 Å². The number of anilines is 1. The van der Waals surface area contributed by atoms with Crippen molar-refractivity contribution in [3.05, 3.63) is 51.8 Å². The van der Waals surface area contributed by atoms with E-state index in [0.717, 1.165) is 11.1 Å². The largest absolute Gasteiger partial charge is 0.380 e. The van der Waals surface area contributed by atoms with Gasteiger partial charge < -0.3 is 5.32 Å². The summed E-state index contributed by atoms with van der Waals surface area (Å²) >= 11 is 1.46. The maximum atomic E-state index is 11.1. The molecule has 1 aromatic heterocycles. The van der Waals surface area contributed by atoms with Gasteiger partial charge in [-0.3, -0.25) is 10.1 Å². The van der Waals surface area contributed by atoms with Crippen LogP contribution >= 0.6 is 11.8 Å². The molecule has 2 rings (SSSR count). The Morgan fingerprint density at radius 1 is 1.33 bits per heavy atom. The van der Waals surface area contributed by atoms with E-state index in [4.69, 9.17) is 0 Å². The third kappa shape index (κ3) is 4.16. The number of nitro groups is 1. The number of nitrogens with one attached hydrogen (secondary N) is 1. The highest BCUT2D eigenvalue weighted by atomic mass is 32.2. The molecule has 0 amide bonds. The van der Waals surface area contributed by atoms with E-state index in [1.54, 1.807) is 24.5 Å². The normalized spacial score (nSPS) is 10.4. The van der Waals surface area contributed by atoms with E-state index in [1.807, 2.05) is 19.9 Å². The maximum Gasteiger partial charge on any atom is 0.292 e. The van der Waals surface area contributed by atoms with Gasteiger partial charge in [0.25, 0.3) is 5.69 Å². The van der Waals surface area contributed by atoms with Crippen LogP contribution in [0.3, 0.4) is 0 Å². The second-order valence-electron chi connectivity index (χ2n) is 4.47. The van der Waals surface area contributed by atoms with E-state index in [0.29, 0.717) is 23.1 Å². The van der Waals surface area contributed by atoms with E-state index in [2.05, 4.69) is 15.3 Å². The molecule has 2 aromatic rings. The minimum atomic E-state index is -0.367. The Morgan fingerprint density at radius 3 is 2.67 bits per heavy atom. The third-order valence-electron chi connectivity index (χ3n) is 2.75. The first kappa shape index (κ1) is 15.2. The predicted octanol–water partition coefficient (Wildman–Crippen LogP) is 3.42. The second-order valence-corrected chi connectivity index (χ2v) is 5.41. The Kier molecular flexibility index (Phi) is 5.10. The zero-order valence-corrected chi connectivity index (χ0v) is 12.7. The van der Waals surface area contributed by atoms with Gasteiger partial charge in [-0.1, -0.05) is 17.8 Å². The first-order valence-corrected chi connectivity index (χ1v) is 7.51.